The van der Waals surface area contributed by atoms with Gasteiger partial charge < -0.3 is 10.6 Å². The Morgan fingerprint density at radius 2 is 1.59 bits per heavy atom. The van der Waals surface area contributed by atoms with Gasteiger partial charge in [-0.3, -0.25) is 4.31 Å². The monoisotopic (exact) mass is 539 g/mol. The van der Waals surface area contributed by atoms with E-state index in [-0.39, 0.29) is 18.0 Å². The van der Waals surface area contributed by atoms with E-state index in [4.69, 9.17) is 11.6 Å². The van der Waals surface area contributed by atoms with Crippen LogP contribution in [0.1, 0.15) is 6.42 Å². The Hall–Kier alpha value is -2.62. The van der Waals surface area contributed by atoms with E-state index in [1.54, 1.807) is 24.3 Å². The van der Waals surface area contributed by atoms with E-state index in [1.165, 1.54) is 52.8 Å². The van der Waals surface area contributed by atoms with Gasteiger partial charge in [0.05, 0.1) is 10.6 Å². The van der Waals surface area contributed by atoms with Crippen LogP contribution in [0.2, 0.25) is 5.02 Å². The Morgan fingerprint density at radius 3 is 2.22 bits per heavy atom. The van der Waals surface area contributed by atoms with E-state index in [1.807, 2.05) is 0 Å². The summed E-state index contributed by atoms with van der Waals surface area (Å²) in [5.74, 6) is -0.469. The lowest BCUT2D eigenvalue weighted by Gasteiger charge is -2.24. The molecule has 0 aromatic heterocycles. The number of hydrogen-bond acceptors (Lipinski definition) is 3. The van der Waals surface area contributed by atoms with Crippen molar-refractivity contribution in [3.63, 3.8) is 0 Å². The molecule has 10 heteroatoms. The SMILES string of the molecule is O=C(NCCCN(c1ccc(F)cc1)S(=O)(=O)c1ccc(Cl)cc1)Nc1ccc(Br)cc1. The van der Waals surface area contributed by atoms with Gasteiger partial charge in [-0.2, -0.15) is 0 Å². The molecule has 0 saturated heterocycles. The summed E-state index contributed by atoms with van der Waals surface area (Å²) < 4.78 is 41.9. The fourth-order valence-electron chi connectivity index (χ4n) is 2.86. The number of amides is 2. The second kappa shape index (κ2) is 10.8. The van der Waals surface area contributed by atoms with Crippen LogP contribution >= 0.6 is 27.5 Å². The maximum atomic E-state index is 13.4. The summed E-state index contributed by atoms with van der Waals surface area (Å²) in [6.07, 6.45) is 0.331. The van der Waals surface area contributed by atoms with Gasteiger partial charge in [0.1, 0.15) is 5.82 Å². The Morgan fingerprint density at radius 1 is 0.969 bits per heavy atom. The van der Waals surface area contributed by atoms with Crippen molar-refractivity contribution in [2.75, 3.05) is 22.7 Å². The first kappa shape index (κ1) is 24.0. The Kier molecular flexibility index (Phi) is 8.11. The third kappa shape index (κ3) is 6.44. The van der Waals surface area contributed by atoms with Crippen molar-refractivity contribution in [1.29, 1.82) is 0 Å². The summed E-state index contributed by atoms with van der Waals surface area (Å²) in [4.78, 5) is 12.1. The van der Waals surface area contributed by atoms with Gasteiger partial charge in [-0.25, -0.2) is 17.6 Å². The van der Waals surface area contributed by atoms with E-state index in [2.05, 4.69) is 26.6 Å². The highest BCUT2D eigenvalue weighted by molar-refractivity contribution is 9.10. The lowest BCUT2D eigenvalue weighted by molar-refractivity contribution is 0.252. The number of hydrogen-bond donors (Lipinski definition) is 2. The molecule has 3 rings (SSSR count). The summed E-state index contributed by atoms with van der Waals surface area (Å²) in [7, 11) is -3.92. The molecule has 0 saturated carbocycles. The molecule has 0 fully saturated rings. The van der Waals surface area contributed by atoms with Gasteiger partial charge in [0, 0.05) is 28.3 Å². The summed E-state index contributed by atoms with van der Waals surface area (Å²) >= 11 is 9.20. The molecule has 0 aliphatic heterocycles. The number of anilines is 2. The fraction of sp³-hybridized carbons (Fsp3) is 0.136. The highest BCUT2D eigenvalue weighted by atomic mass is 79.9. The molecule has 3 aromatic carbocycles. The molecule has 0 bridgehead atoms. The van der Waals surface area contributed by atoms with Gasteiger partial charge in [0.25, 0.3) is 10.0 Å². The average molecular weight is 541 g/mol. The Labute approximate surface area is 199 Å². The molecule has 3 aromatic rings. The quantitative estimate of drug-likeness (QED) is 0.363. The summed E-state index contributed by atoms with van der Waals surface area (Å²) in [5.41, 5.74) is 0.949. The number of carbonyl (C=O) groups is 1. The molecule has 32 heavy (non-hydrogen) atoms. The van der Waals surface area contributed by atoms with E-state index in [0.717, 1.165) is 4.47 Å². The predicted molar refractivity (Wildman–Crippen MR) is 128 cm³/mol. The van der Waals surface area contributed by atoms with Crippen molar-refractivity contribution in [1.82, 2.24) is 5.32 Å². The van der Waals surface area contributed by atoms with Crippen LogP contribution in [0.3, 0.4) is 0 Å². The van der Waals surface area contributed by atoms with Gasteiger partial charge in [-0.15, -0.1) is 0 Å². The van der Waals surface area contributed by atoms with Crippen LogP contribution in [-0.4, -0.2) is 27.5 Å². The molecule has 0 spiro atoms. The zero-order valence-corrected chi connectivity index (χ0v) is 19.9. The Bertz CT molecular complexity index is 1160. The maximum absolute atomic E-state index is 13.4. The summed E-state index contributed by atoms with van der Waals surface area (Å²) in [5, 5.41) is 5.81. The predicted octanol–water partition coefficient (Wildman–Crippen LogP) is 5.65. The van der Waals surface area contributed by atoms with E-state index in [0.29, 0.717) is 22.8 Å². The molecule has 0 aliphatic rings. The fourth-order valence-corrected chi connectivity index (χ4v) is 4.76. The van der Waals surface area contributed by atoms with Gasteiger partial charge in [0.15, 0.2) is 0 Å². The first-order chi connectivity index (χ1) is 15.3. The molecule has 2 amide bonds. The number of urea groups is 1. The number of nitrogens with zero attached hydrogens (tertiary/aromatic N) is 1. The number of sulfonamides is 1. The van der Waals surface area contributed by atoms with Crippen LogP contribution in [-0.2, 0) is 10.0 Å². The van der Waals surface area contributed by atoms with Crippen molar-refractivity contribution < 1.29 is 17.6 Å². The lowest BCUT2D eigenvalue weighted by atomic mass is 10.3. The number of rotatable bonds is 8. The normalized spacial score (nSPS) is 11.1. The smallest absolute Gasteiger partial charge is 0.319 e. The van der Waals surface area contributed by atoms with Crippen molar-refractivity contribution in [3.05, 3.63) is 88.1 Å². The topological polar surface area (TPSA) is 78.5 Å². The minimum absolute atomic E-state index is 0.0622. The maximum Gasteiger partial charge on any atom is 0.319 e. The van der Waals surface area contributed by atoms with Crippen molar-refractivity contribution >= 4 is 55.0 Å². The largest absolute Gasteiger partial charge is 0.338 e. The molecule has 0 heterocycles. The first-order valence-corrected chi connectivity index (χ1v) is 12.2. The van der Waals surface area contributed by atoms with Crippen LogP contribution in [0.4, 0.5) is 20.6 Å². The molecular formula is C22H20BrClFN3O3S. The molecule has 168 valence electrons. The van der Waals surface area contributed by atoms with Crippen LogP contribution < -0.4 is 14.9 Å². The molecular weight excluding hydrogens is 521 g/mol. The minimum atomic E-state index is -3.92. The van der Waals surface area contributed by atoms with Gasteiger partial charge in [-0.05, 0) is 79.2 Å². The van der Waals surface area contributed by atoms with Gasteiger partial charge in [-0.1, -0.05) is 27.5 Å². The lowest BCUT2D eigenvalue weighted by Crippen LogP contribution is -2.35. The zero-order valence-electron chi connectivity index (χ0n) is 16.8. The van der Waals surface area contributed by atoms with E-state index in [9.17, 15) is 17.6 Å². The van der Waals surface area contributed by atoms with Crippen LogP contribution in [0.15, 0.2) is 82.2 Å². The Balaban J connectivity index is 1.66. The summed E-state index contributed by atoms with van der Waals surface area (Å²) in [6, 6.07) is 17.7. The number of halogens is 3. The van der Waals surface area contributed by atoms with Crippen LogP contribution in [0.5, 0.6) is 0 Å². The average Bonchev–Trinajstić information content (AvgIpc) is 2.76. The van der Waals surface area contributed by atoms with Crippen molar-refractivity contribution in [2.45, 2.75) is 11.3 Å². The number of nitrogens with one attached hydrogen (secondary N) is 2. The van der Waals surface area contributed by atoms with E-state index >= 15 is 0 Å². The van der Waals surface area contributed by atoms with E-state index < -0.39 is 21.9 Å². The van der Waals surface area contributed by atoms with Crippen LogP contribution in [0.25, 0.3) is 0 Å². The van der Waals surface area contributed by atoms with Gasteiger partial charge >= 0.3 is 6.03 Å². The molecule has 0 unspecified atom stereocenters. The van der Waals surface area contributed by atoms with Gasteiger partial charge in [0.2, 0.25) is 0 Å². The minimum Gasteiger partial charge on any atom is -0.338 e. The first-order valence-electron chi connectivity index (χ1n) is 9.60. The van der Waals surface area contributed by atoms with Crippen molar-refractivity contribution in [3.8, 4) is 0 Å². The molecule has 6 nitrogen and oxygen atoms in total. The number of carbonyl (C=O) groups excluding carboxylic acids is 1. The molecule has 0 atom stereocenters. The zero-order chi connectivity index (χ0) is 23.1. The van der Waals surface area contributed by atoms with Crippen LogP contribution in [0, 0.1) is 5.82 Å². The second-order valence-corrected chi connectivity index (χ2v) is 9.96. The highest BCUT2D eigenvalue weighted by Gasteiger charge is 2.24. The van der Waals surface area contributed by atoms with Crippen molar-refractivity contribution in [2.24, 2.45) is 0 Å². The molecule has 2 N–H and O–H groups in total. The molecule has 0 aliphatic carbocycles. The highest BCUT2D eigenvalue weighted by Crippen LogP contribution is 2.25. The third-order valence-corrected chi connectivity index (χ3v) is 7.06. The standard InChI is InChI=1S/C22H20BrClFN3O3S/c23-16-2-8-19(9-3-16)27-22(29)26-14-1-15-28(20-10-6-18(25)7-11-20)32(30,31)21-12-4-17(24)5-13-21/h2-13H,1,14-15H2,(H2,26,27,29). The summed E-state index contributed by atoms with van der Waals surface area (Å²) in [6.45, 7) is 0.311. The number of benzene rings is 3. The molecule has 0 radical (unpaired) electrons. The third-order valence-electron chi connectivity index (χ3n) is 4.44. The second-order valence-electron chi connectivity index (χ2n) is 6.75.